The Morgan fingerprint density at radius 1 is 1.07 bits per heavy atom. The second-order valence-electron chi connectivity index (χ2n) is 5.65. The first-order chi connectivity index (χ1) is 14.1. The molecule has 0 amide bonds. The maximum Gasteiger partial charge on any atom is 0.343 e. The number of hydrazone groups is 1. The molecule has 9 heteroatoms. The number of nitrogens with one attached hydrogen (secondary N) is 2. The van der Waals surface area contributed by atoms with Crippen molar-refractivity contribution in [2.24, 2.45) is 5.10 Å². The molecule has 0 spiro atoms. The van der Waals surface area contributed by atoms with Crippen LogP contribution in [0.25, 0.3) is 0 Å². The lowest BCUT2D eigenvalue weighted by atomic mass is 10.2. The van der Waals surface area contributed by atoms with Crippen molar-refractivity contribution in [1.29, 1.82) is 0 Å². The van der Waals surface area contributed by atoms with Crippen LogP contribution < -0.4 is 25.0 Å². The zero-order valence-corrected chi connectivity index (χ0v) is 17.2. The van der Waals surface area contributed by atoms with Crippen LogP contribution in [0.1, 0.15) is 15.9 Å². The number of hydrogen-bond acceptors (Lipinski definition) is 7. The molecule has 0 aliphatic rings. The van der Waals surface area contributed by atoms with Crippen LogP contribution in [0.2, 0.25) is 0 Å². The molecule has 0 fully saturated rings. The second-order valence-corrected chi connectivity index (χ2v) is 6.06. The zero-order valence-electron chi connectivity index (χ0n) is 16.4. The Labute approximate surface area is 174 Å². The summed E-state index contributed by atoms with van der Waals surface area (Å²) in [6, 6.07) is 11.7. The van der Waals surface area contributed by atoms with Crippen molar-refractivity contribution in [3.05, 3.63) is 53.6 Å². The lowest BCUT2D eigenvalue weighted by Crippen LogP contribution is -2.34. The lowest BCUT2D eigenvalue weighted by molar-refractivity contribution is 0.0729. The van der Waals surface area contributed by atoms with E-state index in [1.165, 1.54) is 7.11 Å². The molecule has 0 radical (unpaired) electrons. The summed E-state index contributed by atoms with van der Waals surface area (Å²) < 4.78 is 20.8. The van der Waals surface area contributed by atoms with Gasteiger partial charge in [0, 0.05) is 13.7 Å². The molecular weight excluding hydrogens is 394 g/mol. The van der Waals surface area contributed by atoms with Crippen LogP contribution in [0.3, 0.4) is 0 Å². The number of carbonyl (C=O) groups is 1. The molecule has 0 bridgehead atoms. The van der Waals surface area contributed by atoms with Crippen LogP contribution in [0.4, 0.5) is 0 Å². The average molecular weight is 417 g/mol. The van der Waals surface area contributed by atoms with E-state index in [-0.39, 0.29) is 0 Å². The van der Waals surface area contributed by atoms with E-state index in [0.717, 1.165) is 5.56 Å². The van der Waals surface area contributed by atoms with E-state index in [0.29, 0.717) is 41.1 Å². The number of rotatable bonds is 9. The van der Waals surface area contributed by atoms with Crippen LogP contribution in [0, 0.1) is 0 Å². The van der Waals surface area contributed by atoms with Crippen molar-refractivity contribution >= 4 is 29.5 Å². The summed E-state index contributed by atoms with van der Waals surface area (Å²) in [5.74, 6) is 0.859. The first-order valence-electron chi connectivity index (χ1n) is 8.67. The van der Waals surface area contributed by atoms with E-state index in [2.05, 4.69) is 15.8 Å². The summed E-state index contributed by atoms with van der Waals surface area (Å²) in [6.07, 6.45) is 1.57. The van der Waals surface area contributed by atoms with E-state index >= 15 is 0 Å². The first kappa shape index (κ1) is 22.1. The Morgan fingerprint density at radius 2 is 1.83 bits per heavy atom. The molecule has 154 valence electrons. The summed E-state index contributed by atoms with van der Waals surface area (Å²) in [6.45, 7) is 1.12. The highest BCUT2D eigenvalue weighted by molar-refractivity contribution is 7.80. The predicted octanol–water partition coefficient (Wildman–Crippen LogP) is 2.37. The van der Waals surface area contributed by atoms with E-state index in [9.17, 15) is 4.79 Å². The minimum atomic E-state index is -0.499. The standard InChI is InChI=1S/C20H23N3O5S/c1-25-11-10-21-20(29)23-22-13-14-4-9-17(18(12-14)27-3)28-19(24)15-5-7-16(26-2)8-6-15/h4-9,12-13H,10-11H2,1-3H3,(H2,21,23,29)/b22-13-. The van der Waals surface area contributed by atoms with Crippen molar-refractivity contribution in [3.8, 4) is 17.2 Å². The number of esters is 1. The van der Waals surface area contributed by atoms with Gasteiger partial charge >= 0.3 is 5.97 Å². The monoisotopic (exact) mass is 417 g/mol. The topological polar surface area (TPSA) is 90.4 Å². The van der Waals surface area contributed by atoms with Gasteiger partial charge in [0.25, 0.3) is 0 Å². The normalized spacial score (nSPS) is 10.4. The number of hydrogen-bond donors (Lipinski definition) is 2. The third kappa shape index (κ3) is 7.05. The number of carbonyl (C=O) groups excluding carboxylic acids is 1. The summed E-state index contributed by atoms with van der Waals surface area (Å²) in [4.78, 5) is 12.3. The van der Waals surface area contributed by atoms with E-state index in [1.54, 1.807) is 62.9 Å². The second kappa shape index (κ2) is 11.6. The lowest BCUT2D eigenvalue weighted by Gasteiger charge is -2.10. The van der Waals surface area contributed by atoms with Crippen LogP contribution >= 0.6 is 12.2 Å². The molecule has 0 aliphatic carbocycles. The molecule has 0 saturated heterocycles. The maximum atomic E-state index is 12.3. The molecular formula is C20H23N3O5S. The van der Waals surface area contributed by atoms with Gasteiger partial charge in [0.05, 0.1) is 32.6 Å². The third-order valence-electron chi connectivity index (χ3n) is 3.69. The number of ether oxygens (including phenoxy) is 4. The Balaban J connectivity index is 1.99. The van der Waals surface area contributed by atoms with E-state index < -0.39 is 5.97 Å². The number of thiocarbonyl (C=S) groups is 1. The highest BCUT2D eigenvalue weighted by Gasteiger charge is 2.13. The summed E-state index contributed by atoms with van der Waals surface area (Å²) in [5.41, 5.74) is 3.84. The zero-order chi connectivity index (χ0) is 21.1. The molecule has 0 saturated carbocycles. The highest BCUT2D eigenvalue weighted by Crippen LogP contribution is 2.28. The molecule has 0 unspecified atom stereocenters. The molecule has 29 heavy (non-hydrogen) atoms. The Morgan fingerprint density at radius 3 is 2.48 bits per heavy atom. The van der Waals surface area contributed by atoms with Gasteiger partial charge in [0.15, 0.2) is 16.6 Å². The van der Waals surface area contributed by atoms with Crippen LogP contribution in [-0.2, 0) is 4.74 Å². The van der Waals surface area contributed by atoms with Crippen LogP contribution in [0.15, 0.2) is 47.6 Å². The van der Waals surface area contributed by atoms with Gasteiger partial charge in [-0.1, -0.05) is 0 Å². The van der Waals surface area contributed by atoms with Gasteiger partial charge in [-0.15, -0.1) is 0 Å². The Hall–Kier alpha value is -3.17. The Kier molecular flexibility index (Phi) is 8.87. The molecule has 0 atom stereocenters. The number of methoxy groups -OCH3 is 3. The van der Waals surface area contributed by atoms with Crippen molar-refractivity contribution in [3.63, 3.8) is 0 Å². The van der Waals surface area contributed by atoms with Gasteiger partial charge < -0.3 is 24.3 Å². The van der Waals surface area contributed by atoms with Gasteiger partial charge in [-0.25, -0.2) is 4.79 Å². The fraction of sp³-hybridized carbons (Fsp3) is 0.250. The maximum absolute atomic E-state index is 12.3. The van der Waals surface area contributed by atoms with Gasteiger partial charge in [0.1, 0.15) is 5.75 Å². The van der Waals surface area contributed by atoms with Gasteiger partial charge in [0.2, 0.25) is 0 Å². The van der Waals surface area contributed by atoms with E-state index in [1.807, 2.05) is 0 Å². The van der Waals surface area contributed by atoms with Crippen LogP contribution in [-0.4, -0.2) is 51.8 Å². The smallest absolute Gasteiger partial charge is 0.343 e. The molecule has 8 nitrogen and oxygen atoms in total. The minimum absolute atomic E-state index is 0.301. The summed E-state index contributed by atoms with van der Waals surface area (Å²) in [5, 5.41) is 7.38. The molecule has 2 rings (SSSR count). The largest absolute Gasteiger partial charge is 0.497 e. The first-order valence-corrected chi connectivity index (χ1v) is 9.08. The fourth-order valence-corrected chi connectivity index (χ4v) is 2.36. The Bertz CT molecular complexity index is 856. The quantitative estimate of drug-likeness (QED) is 0.161. The minimum Gasteiger partial charge on any atom is -0.497 e. The fourth-order valence-electron chi connectivity index (χ4n) is 2.21. The molecule has 2 N–H and O–H groups in total. The van der Waals surface area contributed by atoms with Crippen molar-refractivity contribution in [2.45, 2.75) is 0 Å². The SMILES string of the molecule is COCCNC(=S)N/N=C\c1ccc(OC(=O)c2ccc(OC)cc2)c(OC)c1. The molecule has 0 aromatic heterocycles. The molecule has 0 aliphatic heterocycles. The van der Waals surface area contributed by atoms with Gasteiger partial charge in [-0.3, -0.25) is 5.43 Å². The molecule has 0 heterocycles. The van der Waals surface area contributed by atoms with E-state index in [4.69, 9.17) is 31.2 Å². The van der Waals surface area contributed by atoms with Crippen molar-refractivity contribution in [1.82, 2.24) is 10.7 Å². The van der Waals surface area contributed by atoms with Crippen molar-refractivity contribution in [2.75, 3.05) is 34.5 Å². The number of benzene rings is 2. The van der Waals surface area contributed by atoms with Crippen LogP contribution in [0.5, 0.6) is 17.2 Å². The molecule has 2 aromatic rings. The third-order valence-corrected chi connectivity index (χ3v) is 3.92. The average Bonchev–Trinajstić information content (AvgIpc) is 2.74. The molecule has 2 aromatic carbocycles. The van der Waals surface area contributed by atoms with Crippen molar-refractivity contribution < 1.29 is 23.7 Å². The summed E-state index contributed by atoms with van der Waals surface area (Å²) >= 11 is 5.08. The van der Waals surface area contributed by atoms with Gasteiger partial charge in [-0.2, -0.15) is 5.10 Å². The summed E-state index contributed by atoms with van der Waals surface area (Å²) in [7, 11) is 4.67. The highest BCUT2D eigenvalue weighted by atomic mass is 32.1. The van der Waals surface area contributed by atoms with Gasteiger partial charge in [-0.05, 0) is 60.2 Å². The number of nitrogens with zero attached hydrogens (tertiary/aromatic N) is 1. The predicted molar refractivity (Wildman–Crippen MR) is 114 cm³/mol.